The summed E-state index contributed by atoms with van der Waals surface area (Å²) >= 11 is -0.556. The molecule has 0 saturated heterocycles. The van der Waals surface area contributed by atoms with Crippen LogP contribution in [0.2, 0.25) is 0 Å². The van der Waals surface area contributed by atoms with E-state index >= 15 is 0 Å². The molecule has 0 saturated carbocycles. The molecule has 79 valence electrons. The summed E-state index contributed by atoms with van der Waals surface area (Å²) in [6.45, 7) is 6.50. The van der Waals surface area contributed by atoms with Crippen LogP contribution in [0.1, 0.15) is 30.5 Å². The van der Waals surface area contributed by atoms with Crippen LogP contribution in [0, 0.1) is 13.3 Å². The fourth-order valence-corrected chi connectivity index (χ4v) is 1.67. The van der Waals surface area contributed by atoms with Gasteiger partial charge in [0.2, 0.25) is 0 Å². The number of aryl methyl sites for hydroxylation is 1. The molecule has 1 aromatic carbocycles. The van der Waals surface area contributed by atoms with Crippen LogP contribution >= 0.6 is 18.6 Å². The topological polar surface area (TPSA) is 0 Å². The summed E-state index contributed by atoms with van der Waals surface area (Å²) in [7, 11) is 9.78. The van der Waals surface area contributed by atoms with Crippen LogP contribution in [-0.4, -0.2) is 0 Å². The Balaban J connectivity index is 0.000000337. The average Bonchev–Trinajstić information content (AvgIpc) is 2.46. The quantitative estimate of drug-likeness (QED) is 0.601. The van der Waals surface area contributed by atoms with Crippen LogP contribution in [0.15, 0.2) is 23.8 Å². The molecule has 0 unspecified atom stereocenters. The standard InChI is InChI=1S/C12H13.2ClH.Ti/c1-8-4-5-11-7-9(2)10(3)12(11)6-8;;;/h4-7H,1-3H3;2*1H;/q;;;+2/p-2. The molecule has 2 rings (SSSR count). The van der Waals surface area contributed by atoms with Gasteiger partial charge in [0.05, 0.1) is 0 Å². The molecule has 0 aromatic heterocycles. The summed E-state index contributed by atoms with van der Waals surface area (Å²) < 4.78 is 0. The van der Waals surface area contributed by atoms with Crippen molar-refractivity contribution in [3.63, 3.8) is 0 Å². The van der Waals surface area contributed by atoms with Gasteiger partial charge >= 0.3 is 35.6 Å². The van der Waals surface area contributed by atoms with E-state index in [9.17, 15) is 0 Å². The Hall–Kier alpha value is 0.254. The fourth-order valence-electron chi connectivity index (χ4n) is 1.67. The van der Waals surface area contributed by atoms with Gasteiger partial charge in [-0.25, -0.2) is 0 Å². The normalized spacial score (nSPS) is 13.1. The van der Waals surface area contributed by atoms with Crippen LogP contribution in [-0.2, 0) is 17.0 Å². The Morgan fingerprint density at radius 2 is 1.67 bits per heavy atom. The van der Waals surface area contributed by atoms with E-state index in [1.54, 1.807) is 0 Å². The van der Waals surface area contributed by atoms with Crippen molar-refractivity contribution in [3.05, 3.63) is 46.9 Å². The van der Waals surface area contributed by atoms with Crippen molar-refractivity contribution in [1.82, 2.24) is 0 Å². The number of fused-ring (bicyclic) bond motifs is 1. The van der Waals surface area contributed by atoms with Gasteiger partial charge in [-0.3, -0.25) is 0 Å². The van der Waals surface area contributed by atoms with Gasteiger partial charge < -0.3 is 0 Å². The summed E-state index contributed by atoms with van der Waals surface area (Å²) in [6, 6.07) is 6.63. The van der Waals surface area contributed by atoms with E-state index in [4.69, 9.17) is 18.6 Å². The van der Waals surface area contributed by atoms with E-state index in [1.807, 2.05) is 0 Å². The van der Waals surface area contributed by atoms with Crippen molar-refractivity contribution in [2.45, 2.75) is 20.8 Å². The Bertz CT molecular complexity index is 383. The third-order valence-electron chi connectivity index (χ3n) is 2.58. The third kappa shape index (κ3) is 3.36. The molecule has 1 aromatic rings. The Morgan fingerprint density at radius 3 is 2.27 bits per heavy atom. The molecule has 0 spiro atoms. The molecule has 1 aliphatic carbocycles. The second-order valence-electron chi connectivity index (χ2n) is 3.61. The van der Waals surface area contributed by atoms with Gasteiger partial charge in [0, 0.05) is 6.42 Å². The van der Waals surface area contributed by atoms with E-state index in [1.165, 1.54) is 27.8 Å². The molecule has 0 amide bonds. The second kappa shape index (κ2) is 6.10. The van der Waals surface area contributed by atoms with Crippen LogP contribution in [0.5, 0.6) is 0 Å². The molecule has 0 fully saturated rings. The maximum absolute atomic E-state index is 4.89. The number of hydrogen-bond acceptors (Lipinski definition) is 0. The van der Waals surface area contributed by atoms with E-state index in [0.717, 1.165) is 0 Å². The monoisotopic (exact) mass is 275 g/mol. The van der Waals surface area contributed by atoms with Crippen molar-refractivity contribution < 1.29 is 17.0 Å². The SMILES string of the molecule is CC1=C(C)c2cc(C)ccc2[CH]1.[Cl][Ti][Cl]. The first kappa shape index (κ1) is 13.3. The van der Waals surface area contributed by atoms with Gasteiger partial charge in [-0.05, 0) is 37.5 Å². The summed E-state index contributed by atoms with van der Waals surface area (Å²) in [6.07, 6.45) is 2.25. The number of hydrogen-bond donors (Lipinski definition) is 0. The predicted molar refractivity (Wildman–Crippen MR) is 64.6 cm³/mol. The van der Waals surface area contributed by atoms with Gasteiger partial charge in [-0.1, -0.05) is 29.3 Å². The van der Waals surface area contributed by atoms with Crippen molar-refractivity contribution >= 4 is 24.2 Å². The van der Waals surface area contributed by atoms with Crippen molar-refractivity contribution in [3.8, 4) is 0 Å². The van der Waals surface area contributed by atoms with Gasteiger partial charge in [0.15, 0.2) is 0 Å². The first-order chi connectivity index (χ1) is 7.10. The van der Waals surface area contributed by atoms with Crippen molar-refractivity contribution in [2.75, 3.05) is 0 Å². The van der Waals surface area contributed by atoms with Gasteiger partial charge in [0.25, 0.3) is 0 Å². The summed E-state index contributed by atoms with van der Waals surface area (Å²) in [5.74, 6) is 0. The van der Waals surface area contributed by atoms with Gasteiger partial charge in [0.1, 0.15) is 0 Å². The van der Waals surface area contributed by atoms with E-state index in [0.29, 0.717) is 0 Å². The first-order valence-corrected chi connectivity index (χ1v) is 8.99. The van der Waals surface area contributed by atoms with E-state index < -0.39 is 17.0 Å². The summed E-state index contributed by atoms with van der Waals surface area (Å²) in [5.41, 5.74) is 6.95. The Labute approximate surface area is 108 Å². The van der Waals surface area contributed by atoms with Crippen LogP contribution in [0.4, 0.5) is 0 Å². The molecule has 1 radical (unpaired) electrons. The zero-order chi connectivity index (χ0) is 11.4. The molecule has 0 N–H and O–H groups in total. The zero-order valence-electron chi connectivity index (χ0n) is 9.07. The van der Waals surface area contributed by atoms with Gasteiger partial charge in [-0.2, -0.15) is 0 Å². The number of allylic oxidation sites excluding steroid dienone is 2. The van der Waals surface area contributed by atoms with E-state index in [2.05, 4.69) is 45.4 Å². The molecular formula is C12H13Cl2Ti. The predicted octanol–water partition coefficient (Wildman–Crippen LogP) is 4.73. The summed E-state index contributed by atoms with van der Waals surface area (Å²) in [4.78, 5) is 0. The van der Waals surface area contributed by atoms with Crippen LogP contribution in [0.25, 0.3) is 5.57 Å². The fraction of sp³-hybridized carbons (Fsp3) is 0.250. The number of halogens is 2. The molecule has 0 nitrogen and oxygen atoms in total. The number of benzene rings is 1. The summed E-state index contributed by atoms with van der Waals surface area (Å²) in [5, 5.41) is 0. The minimum absolute atomic E-state index is 0.556. The Morgan fingerprint density at radius 1 is 1.07 bits per heavy atom. The molecule has 3 heteroatoms. The molecule has 0 atom stereocenters. The van der Waals surface area contributed by atoms with E-state index in [-0.39, 0.29) is 0 Å². The van der Waals surface area contributed by atoms with Crippen molar-refractivity contribution in [1.29, 1.82) is 0 Å². The first-order valence-electron chi connectivity index (χ1n) is 4.69. The van der Waals surface area contributed by atoms with Crippen LogP contribution < -0.4 is 0 Å². The average molecular weight is 276 g/mol. The Kier molecular flexibility index (Phi) is 5.42. The molecule has 15 heavy (non-hydrogen) atoms. The van der Waals surface area contributed by atoms with Crippen molar-refractivity contribution in [2.24, 2.45) is 0 Å². The zero-order valence-corrected chi connectivity index (χ0v) is 12.1. The molecule has 0 bridgehead atoms. The van der Waals surface area contributed by atoms with Crippen LogP contribution in [0.3, 0.4) is 0 Å². The molecular weight excluding hydrogens is 263 g/mol. The van der Waals surface area contributed by atoms with Gasteiger partial charge in [-0.15, -0.1) is 0 Å². The number of rotatable bonds is 0. The molecule has 0 heterocycles. The molecule has 1 aliphatic rings. The maximum atomic E-state index is 4.89. The third-order valence-corrected chi connectivity index (χ3v) is 2.58. The minimum atomic E-state index is -0.556. The molecule has 0 aliphatic heterocycles. The second-order valence-corrected chi connectivity index (χ2v) is 6.19.